The summed E-state index contributed by atoms with van der Waals surface area (Å²) in [4.78, 5) is 31.1. The molecule has 15 heteroatoms. The molecular weight excluding hydrogens is 716 g/mol. The number of hydrogen-bond acceptors (Lipinski definition) is 12. The van der Waals surface area contributed by atoms with Crippen LogP contribution in [0.3, 0.4) is 0 Å². The topological polar surface area (TPSA) is 138 Å². The maximum Gasteiger partial charge on any atom is 0.410 e. The van der Waals surface area contributed by atoms with Gasteiger partial charge in [0.1, 0.15) is 45.2 Å². The molecule has 1 saturated carbocycles. The Hall–Kier alpha value is -4.60. The molecule has 3 atom stereocenters. The first-order valence-corrected chi connectivity index (χ1v) is 18.7. The Morgan fingerprint density at radius 2 is 1.85 bits per heavy atom. The zero-order chi connectivity index (χ0) is 39.1. The van der Waals surface area contributed by atoms with Crippen molar-refractivity contribution < 1.29 is 47.1 Å². The molecular formula is C40H49F2N5O8. The van der Waals surface area contributed by atoms with Crippen molar-refractivity contribution in [2.24, 2.45) is 5.41 Å². The van der Waals surface area contributed by atoms with Crippen LogP contribution in [0.25, 0.3) is 32.9 Å². The van der Waals surface area contributed by atoms with Crippen LogP contribution in [0.15, 0.2) is 30.3 Å². The molecule has 13 nitrogen and oxygen atoms in total. The van der Waals surface area contributed by atoms with Crippen LogP contribution in [0.4, 0.5) is 19.4 Å². The van der Waals surface area contributed by atoms with Crippen LogP contribution in [0.5, 0.6) is 17.6 Å². The summed E-state index contributed by atoms with van der Waals surface area (Å²) in [6.07, 6.45) is 3.76. The fourth-order valence-corrected chi connectivity index (χ4v) is 8.30. The highest BCUT2D eigenvalue weighted by Gasteiger charge is 2.51. The van der Waals surface area contributed by atoms with Gasteiger partial charge >= 0.3 is 12.1 Å². The van der Waals surface area contributed by atoms with Crippen LogP contribution in [0.2, 0.25) is 0 Å². The van der Waals surface area contributed by atoms with Crippen LogP contribution >= 0.6 is 0 Å². The number of aliphatic hydroxyl groups is 1. The van der Waals surface area contributed by atoms with Gasteiger partial charge in [-0.15, -0.1) is 0 Å². The molecule has 0 unspecified atom stereocenters. The zero-order valence-electron chi connectivity index (χ0n) is 32.2. The van der Waals surface area contributed by atoms with Gasteiger partial charge in [-0.25, -0.2) is 18.6 Å². The van der Waals surface area contributed by atoms with E-state index in [9.17, 15) is 9.90 Å². The number of likely N-dealkylation sites (tertiary alicyclic amines) is 1. The van der Waals surface area contributed by atoms with E-state index in [4.69, 9.17) is 33.4 Å². The summed E-state index contributed by atoms with van der Waals surface area (Å²) in [5.74, 6) is -0.911. The van der Waals surface area contributed by atoms with Crippen molar-refractivity contribution in [3.8, 4) is 28.9 Å². The molecule has 0 bridgehead atoms. The van der Waals surface area contributed by atoms with Crippen LogP contribution in [-0.2, 0) is 14.2 Å². The summed E-state index contributed by atoms with van der Waals surface area (Å²) in [7, 11) is 2.87. The largest absolute Gasteiger partial charge is 0.480 e. The van der Waals surface area contributed by atoms with Gasteiger partial charge in [0.15, 0.2) is 12.6 Å². The van der Waals surface area contributed by atoms with E-state index in [0.29, 0.717) is 24.2 Å². The first-order valence-electron chi connectivity index (χ1n) is 18.7. The monoisotopic (exact) mass is 765 g/mol. The summed E-state index contributed by atoms with van der Waals surface area (Å²) in [5.41, 5.74) is -2.58. The number of rotatable bonds is 9. The minimum atomic E-state index is -1.27. The number of benzene rings is 2. The first-order chi connectivity index (χ1) is 26.2. The Bertz CT molecular complexity index is 2080. The number of aromatic nitrogens is 3. The molecule has 1 N–H and O–H groups in total. The first kappa shape index (κ1) is 38.7. The fraction of sp³-hybridized carbons (Fsp3) is 0.550. The van der Waals surface area contributed by atoms with Crippen molar-refractivity contribution in [3.63, 3.8) is 0 Å². The fourth-order valence-electron chi connectivity index (χ4n) is 8.30. The molecule has 4 aromatic rings. The number of anilines is 1. The number of carbonyl (C=O) groups is 1. The number of amides is 1. The van der Waals surface area contributed by atoms with E-state index in [1.807, 2.05) is 25.7 Å². The Labute approximate surface area is 318 Å². The summed E-state index contributed by atoms with van der Waals surface area (Å²) < 4.78 is 67.5. The molecule has 4 heterocycles. The molecule has 2 aromatic heterocycles. The molecule has 296 valence electrons. The maximum atomic E-state index is 17.4. The minimum absolute atomic E-state index is 0.0137. The molecule has 3 aliphatic rings. The van der Waals surface area contributed by atoms with Crippen molar-refractivity contribution in [1.82, 2.24) is 19.9 Å². The lowest BCUT2D eigenvalue weighted by Crippen LogP contribution is -2.55. The highest BCUT2D eigenvalue weighted by molar-refractivity contribution is 6.02. The van der Waals surface area contributed by atoms with Gasteiger partial charge in [0.2, 0.25) is 5.88 Å². The van der Waals surface area contributed by atoms with E-state index >= 15 is 8.78 Å². The molecule has 7 rings (SSSR count). The third kappa shape index (κ3) is 7.79. The van der Waals surface area contributed by atoms with Gasteiger partial charge < -0.3 is 43.3 Å². The van der Waals surface area contributed by atoms with E-state index in [1.54, 1.807) is 30.0 Å². The number of halogens is 2. The Morgan fingerprint density at radius 3 is 2.62 bits per heavy atom. The number of fused-ring (bicyclic) bond motifs is 3. The van der Waals surface area contributed by atoms with E-state index in [0.717, 1.165) is 32.1 Å². The second-order valence-electron chi connectivity index (χ2n) is 16.0. The second kappa shape index (κ2) is 15.1. The number of β-amino-alcohol motifs (C(OH)–C–C–N with tert-alkyl or cyclic N) is 1. The maximum absolute atomic E-state index is 17.4. The quantitative estimate of drug-likeness (QED) is 0.183. The predicted molar refractivity (Wildman–Crippen MR) is 201 cm³/mol. The van der Waals surface area contributed by atoms with Gasteiger partial charge in [-0.3, -0.25) is 0 Å². The molecule has 3 fully saturated rings. The number of ether oxygens (including phenoxy) is 6. The second-order valence-corrected chi connectivity index (χ2v) is 16.0. The molecule has 1 aliphatic carbocycles. The third-order valence-electron chi connectivity index (χ3n) is 10.6. The van der Waals surface area contributed by atoms with E-state index in [1.165, 1.54) is 26.4 Å². The Balaban J connectivity index is 1.36. The Morgan fingerprint density at radius 1 is 1.05 bits per heavy atom. The van der Waals surface area contributed by atoms with E-state index in [-0.39, 0.29) is 90.5 Å². The molecule has 2 aromatic carbocycles. The number of methoxy groups -OCH3 is 2. The molecule has 1 amide bonds. The van der Waals surface area contributed by atoms with Gasteiger partial charge in [-0.1, -0.05) is 18.6 Å². The van der Waals surface area contributed by atoms with E-state index < -0.39 is 28.3 Å². The van der Waals surface area contributed by atoms with Crippen LogP contribution in [0.1, 0.15) is 59.8 Å². The van der Waals surface area contributed by atoms with Crippen molar-refractivity contribution in [3.05, 3.63) is 42.0 Å². The average Bonchev–Trinajstić information content (AvgIpc) is 3.49. The highest BCUT2D eigenvalue weighted by atomic mass is 19.1. The number of carbonyl (C=O) groups excluding carboxylic acids is 1. The normalized spacial score (nSPS) is 23.1. The lowest BCUT2D eigenvalue weighted by molar-refractivity contribution is -0.0282. The lowest BCUT2D eigenvalue weighted by atomic mass is 9.75. The van der Waals surface area contributed by atoms with Crippen molar-refractivity contribution in [1.29, 1.82) is 0 Å². The SMILES string of the molecule is COCOc1cc(-c2nc(OC)c3c(N4CCOC[C@@](C)(O)C4)nc(OC[C@]45CCC[C@H]4N(C(=O)OC(C)(C)C)CCC5)nc3c2F)c2c(F)cccc2c1. The van der Waals surface area contributed by atoms with Crippen molar-refractivity contribution in [2.75, 3.05) is 65.4 Å². The van der Waals surface area contributed by atoms with Crippen LogP contribution in [0, 0.1) is 17.0 Å². The number of nitrogens with zero attached hydrogens (tertiary/aromatic N) is 5. The molecule has 0 radical (unpaired) electrons. The van der Waals surface area contributed by atoms with Gasteiger partial charge in [-0.2, -0.15) is 9.97 Å². The molecule has 2 aliphatic heterocycles. The zero-order valence-corrected chi connectivity index (χ0v) is 32.2. The van der Waals surface area contributed by atoms with Crippen molar-refractivity contribution >= 4 is 33.6 Å². The minimum Gasteiger partial charge on any atom is -0.480 e. The smallest absolute Gasteiger partial charge is 0.410 e. The lowest BCUT2D eigenvalue weighted by Gasteiger charge is -2.46. The summed E-state index contributed by atoms with van der Waals surface area (Å²) in [5, 5.41) is 11.9. The van der Waals surface area contributed by atoms with Crippen LogP contribution in [-0.4, -0.2) is 109 Å². The van der Waals surface area contributed by atoms with Gasteiger partial charge in [0.25, 0.3) is 0 Å². The highest BCUT2D eigenvalue weighted by Crippen LogP contribution is 2.49. The van der Waals surface area contributed by atoms with Gasteiger partial charge in [0, 0.05) is 42.6 Å². The Kier molecular flexibility index (Phi) is 10.7. The number of piperidine rings is 1. The van der Waals surface area contributed by atoms with Crippen molar-refractivity contribution in [2.45, 2.75) is 77.0 Å². The average molecular weight is 766 g/mol. The number of hydrogen-bond donors (Lipinski definition) is 1. The summed E-state index contributed by atoms with van der Waals surface area (Å²) in [6, 6.07) is 7.47. The summed E-state index contributed by atoms with van der Waals surface area (Å²) in [6.45, 7) is 8.63. The third-order valence-corrected chi connectivity index (χ3v) is 10.6. The van der Waals surface area contributed by atoms with Gasteiger partial charge in [0.05, 0.1) is 33.5 Å². The number of pyridine rings is 1. The summed E-state index contributed by atoms with van der Waals surface area (Å²) >= 11 is 0. The van der Waals surface area contributed by atoms with Gasteiger partial charge in [-0.05, 0) is 77.0 Å². The van der Waals surface area contributed by atoms with Crippen LogP contribution < -0.4 is 19.1 Å². The standard InChI is InChI=1S/C40H49F2N5O8/c1-38(2,3)55-37(48)47-15-9-14-40(13-8-12-28(40)47)22-53-36-44-33-30(34(45-36)46-16-17-52-21-39(4,49)20-46)35(51-6)43-32(31(33)42)26-19-25(54-23-50-5)18-24-10-7-11-27(41)29(24)26/h7,10-11,18-19,28,49H,8-9,12-17,20-23H2,1-6H3/t28-,39+,40-/m1/s1. The van der Waals surface area contributed by atoms with E-state index in [2.05, 4.69) is 9.97 Å². The molecule has 2 saturated heterocycles. The predicted octanol–water partition coefficient (Wildman–Crippen LogP) is 6.65. The molecule has 0 spiro atoms. The molecule has 55 heavy (non-hydrogen) atoms.